The van der Waals surface area contributed by atoms with Gasteiger partial charge in [0, 0.05) is 6.54 Å². The van der Waals surface area contributed by atoms with Gasteiger partial charge in [-0.05, 0) is 36.1 Å². The highest BCUT2D eigenvalue weighted by Gasteiger charge is 2.35. The minimum Gasteiger partial charge on any atom is -0.342 e. The van der Waals surface area contributed by atoms with Crippen LogP contribution >= 0.6 is 0 Å². The van der Waals surface area contributed by atoms with E-state index in [4.69, 9.17) is 0 Å². The van der Waals surface area contributed by atoms with Crippen molar-refractivity contribution in [3.05, 3.63) is 35.1 Å². The molecule has 0 radical (unpaired) electrons. The number of carbonyl (C=O) groups excluding carboxylic acids is 2. The van der Waals surface area contributed by atoms with Crippen LogP contribution in [0.5, 0.6) is 0 Å². The number of aryl methyl sites for hydroxylation is 1. The first-order valence-electron chi connectivity index (χ1n) is 7.25. The van der Waals surface area contributed by atoms with E-state index in [0.29, 0.717) is 0 Å². The van der Waals surface area contributed by atoms with E-state index < -0.39 is 6.04 Å². The average Bonchev–Trinajstić information content (AvgIpc) is 2.45. The first-order chi connectivity index (χ1) is 9.92. The Kier molecular flexibility index (Phi) is 4.60. The molecule has 1 fully saturated rings. The molecular weight excluding hydrogens is 271 g/mol. The van der Waals surface area contributed by atoms with Crippen LogP contribution in [0, 0.1) is 18.7 Å². The monoisotopic (exact) mass is 292 g/mol. The second-order valence-corrected chi connectivity index (χ2v) is 5.70. The molecule has 2 rings (SSSR count). The Bertz CT molecular complexity index is 559. The third kappa shape index (κ3) is 3.40. The van der Waals surface area contributed by atoms with Crippen molar-refractivity contribution >= 4 is 11.8 Å². The summed E-state index contributed by atoms with van der Waals surface area (Å²) in [5.74, 6) is -0.498. The van der Waals surface area contributed by atoms with Gasteiger partial charge in [-0.3, -0.25) is 9.59 Å². The number of nitrogens with one attached hydrogen (secondary N) is 1. The number of halogens is 1. The van der Waals surface area contributed by atoms with Gasteiger partial charge in [-0.2, -0.15) is 0 Å². The Morgan fingerprint density at radius 3 is 2.81 bits per heavy atom. The summed E-state index contributed by atoms with van der Waals surface area (Å²) < 4.78 is 13.4. The summed E-state index contributed by atoms with van der Waals surface area (Å²) in [6.45, 7) is 6.10. The van der Waals surface area contributed by atoms with Crippen molar-refractivity contribution in [2.24, 2.45) is 5.92 Å². The van der Waals surface area contributed by atoms with Crippen LogP contribution in [-0.4, -0.2) is 29.3 Å². The van der Waals surface area contributed by atoms with Crippen molar-refractivity contribution in [3.8, 4) is 0 Å². The topological polar surface area (TPSA) is 49.4 Å². The van der Waals surface area contributed by atoms with Crippen LogP contribution in [0.1, 0.15) is 31.4 Å². The summed E-state index contributed by atoms with van der Waals surface area (Å²) in [7, 11) is 0. The van der Waals surface area contributed by atoms with Crippen molar-refractivity contribution in [3.63, 3.8) is 0 Å². The quantitative estimate of drug-likeness (QED) is 0.923. The molecule has 1 aromatic carbocycles. The van der Waals surface area contributed by atoms with Gasteiger partial charge in [0.05, 0.1) is 6.54 Å². The molecule has 2 unspecified atom stereocenters. The van der Waals surface area contributed by atoms with Crippen LogP contribution in [0.2, 0.25) is 0 Å². The summed E-state index contributed by atoms with van der Waals surface area (Å²) >= 11 is 0. The Labute approximate surface area is 124 Å². The van der Waals surface area contributed by atoms with E-state index in [9.17, 15) is 14.0 Å². The molecule has 2 amide bonds. The highest BCUT2D eigenvalue weighted by molar-refractivity contribution is 5.95. The lowest BCUT2D eigenvalue weighted by Gasteiger charge is -2.35. The number of rotatable bonds is 4. The molecular formula is C16H21FN2O2. The van der Waals surface area contributed by atoms with Gasteiger partial charge in [0.1, 0.15) is 11.9 Å². The molecule has 21 heavy (non-hydrogen) atoms. The molecule has 1 saturated heterocycles. The average molecular weight is 292 g/mol. The van der Waals surface area contributed by atoms with E-state index in [1.165, 1.54) is 17.0 Å². The van der Waals surface area contributed by atoms with E-state index in [2.05, 4.69) is 5.32 Å². The lowest BCUT2D eigenvalue weighted by Crippen LogP contribution is -2.59. The van der Waals surface area contributed by atoms with Gasteiger partial charge in [-0.15, -0.1) is 0 Å². The fraction of sp³-hybridized carbons (Fsp3) is 0.500. The number of hydrogen-bond donors (Lipinski definition) is 1. The Morgan fingerprint density at radius 2 is 2.14 bits per heavy atom. The number of benzene rings is 1. The predicted octanol–water partition coefficient (Wildman–Crippen LogP) is 2.01. The van der Waals surface area contributed by atoms with Gasteiger partial charge in [-0.1, -0.05) is 26.3 Å². The number of hydrogen-bond acceptors (Lipinski definition) is 2. The first-order valence-corrected chi connectivity index (χ1v) is 7.25. The molecule has 1 aliphatic rings. The maximum Gasteiger partial charge on any atom is 0.246 e. The molecule has 0 saturated carbocycles. The largest absolute Gasteiger partial charge is 0.342 e. The van der Waals surface area contributed by atoms with E-state index in [1.807, 2.05) is 20.8 Å². The Balaban J connectivity index is 2.20. The van der Waals surface area contributed by atoms with E-state index >= 15 is 0 Å². The summed E-state index contributed by atoms with van der Waals surface area (Å²) in [4.78, 5) is 25.8. The molecule has 0 spiro atoms. The van der Waals surface area contributed by atoms with Crippen molar-refractivity contribution in [1.82, 2.24) is 10.2 Å². The molecule has 1 aliphatic heterocycles. The second kappa shape index (κ2) is 6.24. The van der Waals surface area contributed by atoms with Gasteiger partial charge in [0.15, 0.2) is 0 Å². The molecule has 1 heterocycles. The third-order valence-electron chi connectivity index (χ3n) is 4.11. The fourth-order valence-corrected chi connectivity index (χ4v) is 2.50. The van der Waals surface area contributed by atoms with Crippen molar-refractivity contribution in [1.29, 1.82) is 0 Å². The van der Waals surface area contributed by atoms with E-state index in [0.717, 1.165) is 17.5 Å². The Hall–Kier alpha value is -1.91. The number of nitrogens with zero attached hydrogens (tertiary/aromatic N) is 1. The summed E-state index contributed by atoms with van der Waals surface area (Å²) in [6, 6.07) is 4.02. The summed E-state index contributed by atoms with van der Waals surface area (Å²) in [6.07, 6.45) is 0.809. The van der Waals surface area contributed by atoms with Crippen molar-refractivity contribution in [2.75, 3.05) is 6.54 Å². The minimum absolute atomic E-state index is 0.0295. The fourth-order valence-electron chi connectivity index (χ4n) is 2.50. The number of carbonyl (C=O) groups is 2. The van der Waals surface area contributed by atoms with Crippen LogP contribution in [0.15, 0.2) is 18.2 Å². The smallest absolute Gasteiger partial charge is 0.246 e. The summed E-state index contributed by atoms with van der Waals surface area (Å²) in [5, 5.41) is 2.75. The molecule has 0 aromatic heterocycles. The van der Waals surface area contributed by atoms with Gasteiger partial charge in [0.2, 0.25) is 11.8 Å². The molecule has 0 bridgehead atoms. The van der Waals surface area contributed by atoms with Crippen LogP contribution < -0.4 is 5.32 Å². The van der Waals surface area contributed by atoms with Gasteiger partial charge < -0.3 is 10.2 Å². The lowest BCUT2D eigenvalue weighted by molar-refractivity contribution is -0.146. The van der Waals surface area contributed by atoms with Crippen molar-refractivity contribution < 1.29 is 14.0 Å². The van der Waals surface area contributed by atoms with Crippen LogP contribution in [-0.2, 0) is 16.1 Å². The predicted molar refractivity (Wildman–Crippen MR) is 77.9 cm³/mol. The van der Waals surface area contributed by atoms with Crippen molar-refractivity contribution in [2.45, 2.75) is 39.8 Å². The van der Waals surface area contributed by atoms with Crippen LogP contribution in [0.25, 0.3) is 0 Å². The third-order valence-corrected chi connectivity index (χ3v) is 4.11. The highest BCUT2D eigenvalue weighted by atomic mass is 19.1. The second-order valence-electron chi connectivity index (χ2n) is 5.70. The Morgan fingerprint density at radius 1 is 1.43 bits per heavy atom. The van der Waals surface area contributed by atoms with E-state index in [1.54, 1.807) is 6.07 Å². The van der Waals surface area contributed by atoms with E-state index in [-0.39, 0.29) is 36.6 Å². The molecule has 4 nitrogen and oxygen atoms in total. The maximum atomic E-state index is 13.4. The van der Waals surface area contributed by atoms with Gasteiger partial charge in [0.25, 0.3) is 0 Å². The SMILES string of the molecule is CCC(C)C1NC(=O)CN(Cc2cc(F)ccc2C)C1=O. The zero-order chi connectivity index (χ0) is 15.6. The zero-order valence-electron chi connectivity index (χ0n) is 12.6. The van der Waals surface area contributed by atoms with Gasteiger partial charge in [-0.25, -0.2) is 4.39 Å². The molecule has 2 atom stereocenters. The van der Waals surface area contributed by atoms with Crippen LogP contribution in [0.3, 0.4) is 0 Å². The molecule has 114 valence electrons. The molecule has 5 heteroatoms. The molecule has 1 N–H and O–H groups in total. The highest BCUT2D eigenvalue weighted by Crippen LogP contribution is 2.18. The minimum atomic E-state index is -0.481. The number of amides is 2. The van der Waals surface area contributed by atoms with Gasteiger partial charge >= 0.3 is 0 Å². The summed E-state index contributed by atoms with van der Waals surface area (Å²) in [5.41, 5.74) is 1.65. The zero-order valence-corrected chi connectivity index (χ0v) is 12.6. The maximum absolute atomic E-state index is 13.4. The first kappa shape index (κ1) is 15.5. The molecule has 1 aromatic rings. The number of piperazine rings is 1. The van der Waals surface area contributed by atoms with Crippen LogP contribution in [0.4, 0.5) is 4.39 Å². The normalized spacial score (nSPS) is 20.4. The lowest BCUT2D eigenvalue weighted by atomic mass is 9.95. The molecule has 0 aliphatic carbocycles. The standard InChI is InChI=1S/C16H21FN2O2/c1-4-10(2)15-16(21)19(9-14(20)18-15)8-12-7-13(17)6-5-11(12)3/h5-7,10,15H,4,8-9H2,1-3H3,(H,18,20).